The van der Waals surface area contributed by atoms with Gasteiger partial charge < -0.3 is 10.6 Å². The van der Waals surface area contributed by atoms with Crippen molar-refractivity contribution in [1.29, 1.82) is 0 Å². The fraction of sp³-hybridized carbons (Fsp3) is 0.188. The Morgan fingerprint density at radius 2 is 1.80 bits per heavy atom. The van der Waals surface area contributed by atoms with E-state index in [4.69, 9.17) is 0 Å². The lowest BCUT2D eigenvalue weighted by atomic mass is 10.1. The lowest BCUT2D eigenvalue weighted by molar-refractivity contribution is -0.114. The van der Waals surface area contributed by atoms with Gasteiger partial charge in [-0.05, 0) is 42.3 Å². The van der Waals surface area contributed by atoms with E-state index < -0.39 is 0 Å². The van der Waals surface area contributed by atoms with E-state index in [9.17, 15) is 9.18 Å². The Hall–Kier alpha value is -2.36. The normalized spacial score (nSPS) is 10.1. The quantitative estimate of drug-likeness (QED) is 0.875. The highest BCUT2D eigenvalue weighted by Crippen LogP contribution is 2.15. The van der Waals surface area contributed by atoms with Crippen LogP contribution in [0.4, 0.5) is 15.8 Å². The van der Waals surface area contributed by atoms with Crippen molar-refractivity contribution >= 4 is 17.3 Å². The third-order valence-electron chi connectivity index (χ3n) is 2.97. The number of anilines is 2. The summed E-state index contributed by atoms with van der Waals surface area (Å²) < 4.78 is 12.7. The maximum absolute atomic E-state index is 12.7. The Morgan fingerprint density at radius 3 is 2.50 bits per heavy atom. The van der Waals surface area contributed by atoms with Crippen molar-refractivity contribution in [3.8, 4) is 0 Å². The molecule has 0 spiro atoms. The molecule has 2 N–H and O–H groups in total. The van der Waals surface area contributed by atoms with E-state index in [-0.39, 0.29) is 18.3 Å². The van der Waals surface area contributed by atoms with Gasteiger partial charge in [-0.15, -0.1) is 0 Å². The molecule has 0 unspecified atom stereocenters. The van der Waals surface area contributed by atoms with Crippen LogP contribution in [-0.2, 0) is 11.2 Å². The average molecular weight is 272 g/mol. The molecule has 0 radical (unpaired) electrons. The number of rotatable bonds is 5. The first kappa shape index (κ1) is 14.1. The Labute approximate surface area is 117 Å². The maximum atomic E-state index is 12.7. The summed E-state index contributed by atoms with van der Waals surface area (Å²) in [6.45, 7) is 2.19. The van der Waals surface area contributed by atoms with Crippen LogP contribution in [-0.4, -0.2) is 12.5 Å². The van der Waals surface area contributed by atoms with E-state index in [1.54, 1.807) is 12.1 Å². The van der Waals surface area contributed by atoms with Gasteiger partial charge in [0.25, 0.3) is 0 Å². The first-order valence-electron chi connectivity index (χ1n) is 6.56. The lowest BCUT2D eigenvalue weighted by Gasteiger charge is -2.10. The number of aryl methyl sites for hydroxylation is 1. The topological polar surface area (TPSA) is 41.1 Å². The number of carbonyl (C=O) groups excluding carboxylic acids is 1. The monoisotopic (exact) mass is 272 g/mol. The SMILES string of the molecule is CCc1ccccc1NC(=O)CNc1ccc(F)cc1. The number of nitrogens with one attached hydrogen (secondary N) is 2. The Morgan fingerprint density at radius 1 is 1.10 bits per heavy atom. The minimum absolute atomic E-state index is 0.129. The van der Waals surface area contributed by atoms with Gasteiger partial charge in [-0.3, -0.25) is 4.79 Å². The molecule has 2 rings (SSSR count). The summed E-state index contributed by atoms with van der Waals surface area (Å²) >= 11 is 0. The van der Waals surface area contributed by atoms with Gasteiger partial charge in [0.2, 0.25) is 5.91 Å². The molecule has 0 aliphatic carbocycles. The summed E-state index contributed by atoms with van der Waals surface area (Å²) in [4.78, 5) is 11.9. The molecule has 0 fully saturated rings. The van der Waals surface area contributed by atoms with Crippen molar-refractivity contribution in [2.75, 3.05) is 17.2 Å². The van der Waals surface area contributed by atoms with E-state index in [2.05, 4.69) is 10.6 Å². The predicted molar refractivity (Wildman–Crippen MR) is 79.3 cm³/mol. The van der Waals surface area contributed by atoms with Crippen LogP contribution in [0.2, 0.25) is 0 Å². The molecule has 2 aromatic carbocycles. The number of hydrogen-bond donors (Lipinski definition) is 2. The van der Waals surface area contributed by atoms with Gasteiger partial charge in [-0.2, -0.15) is 0 Å². The van der Waals surface area contributed by atoms with Crippen LogP contribution < -0.4 is 10.6 Å². The molecule has 2 aromatic rings. The van der Waals surface area contributed by atoms with Crippen molar-refractivity contribution in [2.24, 2.45) is 0 Å². The minimum atomic E-state index is -0.295. The van der Waals surface area contributed by atoms with E-state index in [0.29, 0.717) is 5.69 Å². The molecule has 0 aliphatic heterocycles. The van der Waals surface area contributed by atoms with Gasteiger partial charge in [0.05, 0.1) is 6.54 Å². The van der Waals surface area contributed by atoms with Crippen molar-refractivity contribution < 1.29 is 9.18 Å². The fourth-order valence-corrected chi connectivity index (χ4v) is 1.90. The Balaban J connectivity index is 1.91. The summed E-state index contributed by atoms with van der Waals surface area (Å²) in [5.74, 6) is -0.424. The third kappa shape index (κ3) is 3.82. The molecule has 1 amide bonds. The molecule has 104 valence electrons. The van der Waals surface area contributed by atoms with Gasteiger partial charge in [0, 0.05) is 11.4 Å². The maximum Gasteiger partial charge on any atom is 0.243 e. The van der Waals surface area contributed by atoms with E-state index in [1.165, 1.54) is 12.1 Å². The molecular weight excluding hydrogens is 255 g/mol. The summed E-state index contributed by atoms with van der Waals surface area (Å²) in [7, 11) is 0. The van der Waals surface area contributed by atoms with E-state index in [0.717, 1.165) is 17.7 Å². The smallest absolute Gasteiger partial charge is 0.243 e. The molecule has 0 aromatic heterocycles. The number of para-hydroxylation sites is 1. The van der Waals surface area contributed by atoms with Crippen LogP contribution in [0.1, 0.15) is 12.5 Å². The van der Waals surface area contributed by atoms with E-state index in [1.807, 2.05) is 31.2 Å². The van der Waals surface area contributed by atoms with Gasteiger partial charge in [0.15, 0.2) is 0 Å². The molecule has 0 bridgehead atoms. The zero-order valence-corrected chi connectivity index (χ0v) is 11.3. The highest BCUT2D eigenvalue weighted by Gasteiger charge is 2.05. The van der Waals surface area contributed by atoms with Crippen molar-refractivity contribution in [2.45, 2.75) is 13.3 Å². The lowest BCUT2D eigenvalue weighted by Crippen LogP contribution is -2.22. The molecule has 0 saturated heterocycles. The standard InChI is InChI=1S/C16H17FN2O/c1-2-12-5-3-4-6-15(12)19-16(20)11-18-14-9-7-13(17)8-10-14/h3-10,18H,2,11H2,1H3,(H,19,20). The number of carbonyl (C=O) groups is 1. The van der Waals surface area contributed by atoms with Crippen molar-refractivity contribution in [3.05, 3.63) is 59.9 Å². The van der Waals surface area contributed by atoms with Crippen LogP contribution in [0, 0.1) is 5.82 Å². The summed E-state index contributed by atoms with van der Waals surface area (Å²) in [5.41, 5.74) is 2.65. The van der Waals surface area contributed by atoms with Gasteiger partial charge >= 0.3 is 0 Å². The van der Waals surface area contributed by atoms with Crippen molar-refractivity contribution in [1.82, 2.24) is 0 Å². The zero-order valence-electron chi connectivity index (χ0n) is 11.3. The molecule has 0 aliphatic rings. The van der Waals surface area contributed by atoms with Crippen LogP contribution in [0.15, 0.2) is 48.5 Å². The molecular formula is C16H17FN2O. The zero-order chi connectivity index (χ0) is 14.4. The minimum Gasteiger partial charge on any atom is -0.376 e. The Kier molecular flexibility index (Phi) is 4.71. The molecule has 20 heavy (non-hydrogen) atoms. The number of hydrogen-bond acceptors (Lipinski definition) is 2. The van der Waals surface area contributed by atoms with Crippen molar-refractivity contribution in [3.63, 3.8) is 0 Å². The highest BCUT2D eigenvalue weighted by molar-refractivity contribution is 5.94. The van der Waals surface area contributed by atoms with Gasteiger partial charge in [-0.25, -0.2) is 4.39 Å². The second-order valence-corrected chi connectivity index (χ2v) is 4.42. The van der Waals surface area contributed by atoms with Crippen LogP contribution in [0.3, 0.4) is 0 Å². The molecule has 0 heterocycles. The number of benzene rings is 2. The highest BCUT2D eigenvalue weighted by atomic mass is 19.1. The van der Waals surface area contributed by atoms with Gasteiger partial charge in [0.1, 0.15) is 5.82 Å². The summed E-state index contributed by atoms with van der Waals surface area (Å²) in [6.07, 6.45) is 0.863. The van der Waals surface area contributed by atoms with E-state index >= 15 is 0 Å². The summed E-state index contributed by atoms with van der Waals surface area (Å²) in [6, 6.07) is 13.6. The third-order valence-corrected chi connectivity index (χ3v) is 2.97. The molecule has 4 heteroatoms. The van der Waals surface area contributed by atoms with Crippen LogP contribution in [0.25, 0.3) is 0 Å². The van der Waals surface area contributed by atoms with Crippen LogP contribution in [0.5, 0.6) is 0 Å². The molecule has 3 nitrogen and oxygen atoms in total. The van der Waals surface area contributed by atoms with Crippen LogP contribution >= 0.6 is 0 Å². The number of halogens is 1. The number of amides is 1. The predicted octanol–water partition coefficient (Wildman–Crippen LogP) is 3.44. The fourth-order valence-electron chi connectivity index (χ4n) is 1.90. The first-order valence-corrected chi connectivity index (χ1v) is 6.56. The second kappa shape index (κ2) is 6.70. The van der Waals surface area contributed by atoms with Gasteiger partial charge in [-0.1, -0.05) is 25.1 Å². The largest absolute Gasteiger partial charge is 0.376 e. The molecule has 0 saturated carbocycles. The molecule has 0 atom stereocenters. The first-order chi connectivity index (χ1) is 9.69. The Bertz CT molecular complexity index is 581. The second-order valence-electron chi connectivity index (χ2n) is 4.42. The average Bonchev–Trinajstić information content (AvgIpc) is 2.47. The summed E-state index contributed by atoms with van der Waals surface area (Å²) in [5, 5.41) is 5.82.